The fraction of sp³-hybridized carbons (Fsp3) is 0.0385. The van der Waals surface area contributed by atoms with Crippen molar-refractivity contribution < 1.29 is 15.0 Å². The summed E-state index contributed by atoms with van der Waals surface area (Å²) in [6, 6.07) is 22.3. The van der Waals surface area contributed by atoms with Crippen LogP contribution in [0.15, 0.2) is 102 Å². The van der Waals surface area contributed by atoms with Crippen LogP contribution in [-0.2, 0) is 10.2 Å². The number of phenolic OH excluding ortho intramolecular Hbond substituents is 2. The molecule has 140 valence electrons. The van der Waals surface area contributed by atoms with Gasteiger partial charge in [0.05, 0.1) is 5.41 Å². The molecule has 0 saturated carbocycles. The van der Waals surface area contributed by atoms with E-state index in [-0.39, 0.29) is 17.3 Å². The van der Waals surface area contributed by atoms with Crippen LogP contribution in [0.1, 0.15) is 22.3 Å². The molecule has 3 heteroatoms. The van der Waals surface area contributed by atoms with Gasteiger partial charge in [-0.2, -0.15) is 0 Å². The Balaban J connectivity index is 1.95. The summed E-state index contributed by atoms with van der Waals surface area (Å²) in [5.74, 6) is 0.338. The van der Waals surface area contributed by atoms with E-state index in [4.69, 9.17) is 0 Å². The van der Waals surface area contributed by atoms with E-state index in [0.29, 0.717) is 5.57 Å². The van der Waals surface area contributed by atoms with Gasteiger partial charge in [0.25, 0.3) is 0 Å². The summed E-state index contributed by atoms with van der Waals surface area (Å²) in [4.78, 5) is 12.8. The number of allylic oxidation sites excluding steroid dienone is 5. The van der Waals surface area contributed by atoms with Gasteiger partial charge in [-0.3, -0.25) is 4.79 Å². The molecule has 3 aromatic carbocycles. The van der Waals surface area contributed by atoms with Crippen molar-refractivity contribution in [1.82, 2.24) is 0 Å². The number of fused-ring (bicyclic) bond motifs is 2. The lowest BCUT2D eigenvalue weighted by Crippen LogP contribution is -2.37. The Labute approximate surface area is 168 Å². The lowest BCUT2D eigenvalue weighted by atomic mass is 9.58. The lowest BCUT2D eigenvalue weighted by Gasteiger charge is -2.43. The van der Waals surface area contributed by atoms with E-state index in [1.807, 2.05) is 54.6 Å². The van der Waals surface area contributed by atoms with Crippen LogP contribution in [0, 0.1) is 0 Å². The number of aromatic hydroxyl groups is 2. The van der Waals surface area contributed by atoms with Crippen molar-refractivity contribution in [2.45, 2.75) is 5.41 Å². The van der Waals surface area contributed by atoms with Gasteiger partial charge in [0.1, 0.15) is 11.5 Å². The minimum Gasteiger partial charge on any atom is -0.508 e. The molecule has 3 aromatic rings. The van der Waals surface area contributed by atoms with Gasteiger partial charge in [-0.25, -0.2) is 0 Å². The zero-order valence-corrected chi connectivity index (χ0v) is 15.5. The normalized spacial score (nSPS) is 16.5. The molecule has 0 atom stereocenters. The van der Waals surface area contributed by atoms with Gasteiger partial charge in [-0.1, -0.05) is 60.7 Å². The SMILES string of the molecule is O=C1C=CC=C2C1=Cc1ccccc1C2(c1ccc(O)cc1)c1ccc(O)cc1. The smallest absolute Gasteiger partial charge is 0.186 e. The van der Waals surface area contributed by atoms with Gasteiger partial charge in [-0.15, -0.1) is 0 Å². The molecule has 0 aliphatic heterocycles. The van der Waals surface area contributed by atoms with Crippen molar-refractivity contribution in [1.29, 1.82) is 0 Å². The van der Waals surface area contributed by atoms with E-state index in [1.165, 1.54) is 0 Å². The Hall–Kier alpha value is -3.85. The van der Waals surface area contributed by atoms with Crippen molar-refractivity contribution in [3.63, 3.8) is 0 Å². The summed E-state index contributed by atoms with van der Waals surface area (Å²) in [7, 11) is 0. The predicted octanol–water partition coefficient (Wildman–Crippen LogP) is 4.89. The number of carbonyl (C=O) groups is 1. The topological polar surface area (TPSA) is 57.5 Å². The lowest BCUT2D eigenvalue weighted by molar-refractivity contribution is -0.111. The molecule has 2 aliphatic carbocycles. The van der Waals surface area contributed by atoms with E-state index in [9.17, 15) is 15.0 Å². The Morgan fingerprint density at radius 1 is 0.724 bits per heavy atom. The molecule has 3 nitrogen and oxygen atoms in total. The van der Waals surface area contributed by atoms with Gasteiger partial charge in [-0.05, 0) is 64.2 Å². The second-order valence-corrected chi connectivity index (χ2v) is 7.29. The van der Waals surface area contributed by atoms with E-state index >= 15 is 0 Å². The van der Waals surface area contributed by atoms with E-state index < -0.39 is 5.41 Å². The molecule has 0 amide bonds. The molecule has 0 spiro atoms. The summed E-state index contributed by atoms with van der Waals surface area (Å²) in [6.07, 6.45) is 7.31. The Morgan fingerprint density at radius 3 is 1.93 bits per heavy atom. The third-order valence-electron chi connectivity index (χ3n) is 5.74. The number of ketones is 1. The number of hydrogen-bond donors (Lipinski definition) is 2. The van der Waals surface area contributed by atoms with E-state index in [1.54, 1.807) is 36.4 Å². The molecular formula is C26H18O3. The van der Waals surface area contributed by atoms with Crippen LogP contribution in [-0.4, -0.2) is 16.0 Å². The van der Waals surface area contributed by atoms with Gasteiger partial charge >= 0.3 is 0 Å². The van der Waals surface area contributed by atoms with Crippen molar-refractivity contribution in [2.75, 3.05) is 0 Å². The number of hydrogen-bond acceptors (Lipinski definition) is 3. The highest BCUT2D eigenvalue weighted by Crippen LogP contribution is 2.53. The van der Waals surface area contributed by atoms with Crippen LogP contribution in [0.25, 0.3) is 6.08 Å². The maximum atomic E-state index is 12.8. The largest absolute Gasteiger partial charge is 0.508 e. The third kappa shape index (κ3) is 2.48. The molecule has 0 aromatic heterocycles. The minimum absolute atomic E-state index is 0.0288. The zero-order chi connectivity index (χ0) is 20.0. The quantitative estimate of drug-likeness (QED) is 0.667. The second-order valence-electron chi connectivity index (χ2n) is 7.29. The van der Waals surface area contributed by atoms with Crippen LogP contribution < -0.4 is 0 Å². The molecule has 29 heavy (non-hydrogen) atoms. The predicted molar refractivity (Wildman–Crippen MR) is 113 cm³/mol. The van der Waals surface area contributed by atoms with E-state index in [0.717, 1.165) is 27.8 Å². The first-order valence-electron chi connectivity index (χ1n) is 9.44. The first kappa shape index (κ1) is 17.3. The van der Waals surface area contributed by atoms with Crippen LogP contribution >= 0.6 is 0 Å². The van der Waals surface area contributed by atoms with Gasteiger partial charge < -0.3 is 10.2 Å². The number of phenols is 2. The molecule has 2 N–H and O–H groups in total. The van der Waals surface area contributed by atoms with Crippen molar-refractivity contribution in [3.05, 3.63) is 124 Å². The highest BCUT2D eigenvalue weighted by atomic mass is 16.3. The summed E-state index contributed by atoms with van der Waals surface area (Å²) in [5, 5.41) is 19.8. The standard InChI is InChI=1S/C26H18O3/c27-20-12-8-18(9-13-20)26(19-10-14-21(28)15-11-19)23-5-2-1-4-17(23)16-22-24(26)6-3-7-25(22)29/h1-16,27-28H. The summed E-state index contributed by atoms with van der Waals surface area (Å²) < 4.78 is 0. The molecule has 0 saturated heterocycles. The third-order valence-corrected chi connectivity index (χ3v) is 5.74. The van der Waals surface area contributed by atoms with Gasteiger partial charge in [0.15, 0.2) is 5.78 Å². The molecule has 0 fully saturated rings. The molecule has 0 heterocycles. The molecule has 0 unspecified atom stereocenters. The van der Waals surface area contributed by atoms with Gasteiger partial charge in [0.2, 0.25) is 0 Å². The minimum atomic E-state index is -0.748. The molecule has 0 bridgehead atoms. The fourth-order valence-electron chi connectivity index (χ4n) is 4.50. The number of carbonyl (C=O) groups excluding carboxylic acids is 1. The Kier molecular flexibility index (Phi) is 3.78. The van der Waals surface area contributed by atoms with Crippen molar-refractivity contribution in [3.8, 4) is 11.5 Å². The number of rotatable bonds is 2. The fourth-order valence-corrected chi connectivity index (χ4v) is 4.50. The first-order chi connectivity index (χ1) is 14.1. The maximum absolute atomic E-state index is 12.8. The van der Waals surface area contributed by atoms with Crippen LogP contribution in [0.5, 0.6) is 11.5 Å². The first-order valence-corrected chi connectivity index (χ1v) is 9.44. The summed E-state index contributed by atoms with van der Waals surface area (Å²) in [5.41, 5.74) is 4.70. The van der Waals surface area contributed by atoms with Crippen LogP contribution in [0.4, 0.5) is 0 Å². The highest BCUT2D eigenvalue weighted by molar-refractivity contribution is 6.14. The van der Waals surface area contributed by atoms with Gasteiger partial charge in [0, 0.05) is 5.57 Å². The Bertz CT molecular complexity index is 1160. The van der Waals surface area contributed by atoms with Crippen molar-refractivity contribution >= 4 is 11.9 Å². The summed E-state index contributed by atoms with van der Waals surface area (Å²) in [6.45, 7) is 0. The highest BCUT2D eigenvalue weighted by Gasteiger charge is 2.46. The molecule has 2 aliphatic rings. The molecule has 5 rings (SSSR count). The maximum Gasteiger partial charge on any atom is 0.186 e. The average molecular weight is 378 g/mol. The van der Waals surface area contributed by atoms with Crippen LogP contribution in [0.2, 0.25) is 0 Å². The molecule has 0 radical (unpaired) electrons. The van der Waals surface area contributed by atoms with E-state index in [2.05, 4.69) is 6.07 Å². The average Bonchev–Trinajstić information content (AvgIpc) is 2.74. The second kappa shape index (κ2) is 6.35. The Morgan fingerprint density at radius 2 is 1.31 bits per heavy atom. The monoisotopic (exact) mass is 378 g/mol. The zero-order valence-electron chi connectivity index (χ0n) is 15.5. The molecular weight excluding hydrogens is 360 g/mol. The number of benzene rings is 3. The van der Waals surface area contributed by atoms with Crippen LogP contribution in [0.3, 0.4) is 0 Å². The summed E-state index contributed by atoms with van der Waals surface area (Å²) >= 11 is 0. The van der Waals surface area contributed by atoms with Crippen molar-refractivity contribution in [2.24, 2.45) is 0 Å².